The van der Waals surface area contributed by atoms with E-state index in [1.807, 2.05) is 0 Å². The highest BCUT2D eigenvalue weighted by Crippen LogP contribution is 2.59. The average molecular weight is 367 g/mol. The van der Waals surface area contributed by atoms with E-state index >= 15 is 0 Å². The SMILES string of the molecule is CCC1=C[C@H]2[C@@H](C1)C[C@@]2(CNC(=O)O[C@@H](C)OC(=O)C(C)C)CC(=O)O. The van der Waals surface area contributed by atoms with Crippen LogP contribution in [0.2, 0.25) is 0 Å². The van der Waals surface area contributed by atoms with E-state index in [9.17, 15) is 19.5 Å². The van der Waals surface area contributed by atoms with E-state index in [4.69, 9.17) is 9.47 Å². The van der Waals surface area contributed by atoms with Gasteiger partial charge in [0.25, 0.3) is 0 Å². The number of carboxylic acid groups (broad SMARTS) is 1. The van der Waals surface area contributed by atoms with Gasteiger partial charge in [-0.15, -0.1) is 0 Å². The Balaban J connectivity index is 1.90. The molecule has 1 saturated carbocycles. The molecule has 0 saturated heterocycles. The van der Waals surface area contributed by atoms with Gasteiger partial charge in [0.1, 0.15) is 0 Å². The normalized spacial score (nSPS) is 27.8. The summed E-state index contributed by atoms with van der Waals surface area (Å²) < 4.78 is 10.0. The third kappa shape index (κ3) is 4.56. The number of fused-ring (bicyclic) bond motifs is 1. The zero-order valence-corrected chi connectivity index (χ0v) is 15.9. The van der Waals surface area contributed by atoms with E-state index in [0.29, 0.717) is 5.92 Å². The van der Waals surface area contributed by atoms with Crippen molar-refractivity contribution in [3.05, 3.63) is 11.6 Å². The summed E-state index contributed by atoms with van der Waals surface area (Å²) in [6.07, 6.45) is 3.28. The average Bonchev–Trinajstić information content (AvgIpc) is 2.88. The van der Waals surface area contributed by atoms with Crippen LogP contribution in [0.3, 0.4) is 0 Å². The monoisotopic (exact) mass is 367 g/mol. The highest BCUT2D eigenvalue weighted by atomic mass is 16.7. The van der Waals surface area contributed by atoms with Gasteiger partial charge in [-0.05, 0) is 31.1 Å². The molecule has 0 radical (unpaired) electrons. The van der Waals surface area contributed by atoms with Crippen LogP contribution in [0.4, 0.5) is 4.79 Å². The van der Waals surface area contributed by atoms with Crippen LogP contribution in [-0.4, -0.2) is 36.0 Å². The summed E-state index contributed by atoms with van der Waals surface area (Å²) in [5, 5.41) is 12.0. The number of nitrogens with one attached hydrogen (secondary N) is 1. The highest BCUT2D eigenvalue weighted by molar-refractivity contribution is 5.72. The van der Waals surface area contributed by atoms with Crippen molar-refractivity contribution in [3.8, 4) is 0 Å². The number of aliphatic carboxylic acids is 1. The molecule has 146 valence electrons. The molecule has 1 amide bonds. The van der Waals surface area contributed by atoms with E-state index in [0.717, 1.165) is 19.3 Å². The molecule has 7 heteroatoms. The largest absolute Gasteiger partial charge is 0.481 e. The molecule has 0 heterocycles. The molecule has 4 atom stereocenters. The predicted molar refractivity (Wildman–Crippen MR) is 94.1 cm³/mol. The van der Waals surface area contributed by atoms with Crippen molar-refractivity contribution >= 4 is 18.0 Å². The first-order chi connectivity index (χ1) is 12.2. The second-order valence-electron chi connectivity index (χ2n) is 7.72. The summed E-state index contributed by atoms with van der Waals surface area (Å²) in [5.41, 5.74) is 0.897. The highest BCUT2D eigenvalue weighted by Gasteiger charge is 2.55. The Bertz CT molecular complexity index is 599. The number of carboxylic acids is 1. The topological polar surface area (TPSA) is 102 Å². The Morgan fingerprint density at radius 2 is 2.00 bits per heavy atom. The number of carbonyl (C=O) groups excluding carboxylic acids is 2. The number of ether oxygens (including phenoxy) is 2. The number of alkyl carbamates (subject to hydrolysis) is 1. The minimum Gasteiger partial charge on any atom is -0.481 e. The van der Waals surface area contributed by atoms with Crippen molar-refractivity contribution < 1.29 is 29.0 Å². The summed E-state index contributed by atoms with van der Waals surface area (Å²) in [5.74, 6) is -0.955. The molecule has 2 N–H and O–H groups in total. The fraction of sp³-hybridized carbons (Fsp3) is 0.737. The lowest BCUT2D eigenvalue weighted by Crippen LogP contribution is -2.53. The van der Waals surface area contributed by atoms with Gasteiger partial charge in [0, 0.05) is 18.9 Å². The Morgan fingerprint density at radius 1 is 1.31 bits per heavy atom. The first-order valence-electron chi connectivity index (χ1n) is 9.23. The molecule has 0 bridgehead atoms. The molecule has 0 aromatic heterocycles. The molecule has 2 rings (SSSR count). The smallest absolute Gasteiger partial charge is 0.410 e. The maximum absolute atomic E-state index is 12.0. The van der Waals surface area contributed by atoms with Crippen molar-refractivity contribution in [2.75, 3.05) is 6.54 Å². The van der Waals surface area contributed by atoms with Crippen molar-refractivity contribution in [2.24, 2.45) is 23.2 Å². The Morgan fingerprint density at radius 3 is 2.58 bits per heavy atom. The quantitative estimate of drug-likeness (QED) is 0.388. The molecule has 2 aliphatic carbocycles. The Labute approximate surface area is 154 Å². The lowest BCUT2D eigenvalue weighted by molar-refractivity contribution is -0.169. The second kappa shape index (κ2) is 8.10. The van der Waals surface area contributed by atoms with E-state index in [2.05, 4.69) is 18.3 Å². The maximum Gasteiger partial charge on any atom is 0.410 e. The first-order valence-corrected chi connectivity index (χ1v) is 9.23. The van der Waals surface area contributed by atoms with Gasteiger partial charge in [-0.25, -0.2) is 4.79 Å². The van der Waals surface area contributed by atoms with Gasteiger partial charge in [-0.1, -0.05) is 32.4 Å². The van der Waals surface area contributed by atoms with E-state index < -0.39 is 29.7 Å². The fourth-order valence-corrected chi connectivity index (χ4v) is 4.07. The van der Waals surface area contributed by atoms with Gasteiger partial charge >= 0.3 is 18.0 Å². The van der Waals surface area contributed by atoms with Gasteiger partial charge in [0.2, 0.25) is 6.29 Å². The third-order valence-corrected chi connectivity index (χ3v) is 5.39. The van der Waals surface area contributed by atoms with Gasteiger partial charge in [0.15, 0.2) is 0 Å². The summed E-state index contributed by atoms with van der Waals surface area (Å²) >= 11 is 0. The zero-order chi connectivity index (χ0) is 19.5. The molecule has 7 nitrogen and oxygen atoms in total. The van der Waals surface area contributed by atoms with Crippen LogP contribution in [0, 0.1) is 23.2 Å². The predicted octanol–water partition coefficient (Wildman–Crippen LogP) is 3.10. The molecule has 1 fully saturated rings. The summed E-state index contributed by atoms with van der Waals surface area (Å²) in [7, 11) is 0. The number of hydrogen-bond donors (Lipinski definition) is 2. The zero-order valence-electron chi connectivity index (χ0n) is 15.9. The Hall–Kier alpha value is -2.05. The van der Waals surface area contributed by atoms with Crippen molar-refractivity contribution in [2.45, 2.75) is 59.7 Å². The molecule has 0 aliphatic heterocycles. The van der Waals surface area contributed by atoms with E-state index in [1.54, 1.807) is 13.8 Å². The van der Waals surface area contributed by atoms with Crippen molar-refractivity contribution in [3.63, 3.8) is 0 Å². The number of carbonyl (C=O) groups is 3. The minimum atomic E-state index is -0.993. The number of allylic oxidation sites excluding steroid dienone is 2. The lowest BCUT2D eigenvalue weighted by Gasteiger charge is -2.51. The molecule has 0 unspecified atom stereocenters. The van der Waals surface area contributed by atoms with Gasteiger partial charge < -0.3 is 19.9 Å². The third-order valence-electron chi connectivity index (χ3n) is 5.39. The van der Waals surface area contributed by atoms with Crippen LogP contribution >= 0.6 is 0 Å². The van der Waals surface area contributed by atoms with Crippen LogP contribution in [-0.2, 0) is 19.1 Å². The van der Waals surface area contributed by atoms with Crippen LogP contribution in [0.5, 0.6) is 0 Å². The van der Waals surface area contributed by atoms with Crippen LogP contribution < -0.4 is 5.32 Å². The lowest BCUT2D eigenvalue weighted by atomic mass is 9.53. The molecule has 0 spiro atoms. The summed E-state index contributed by atoms with van der Waals surface area (Å²) in [6, 6.07) is 0. The summed E-state index contributed by atoms with van der Waals surface area (Å²) in [6.45, 7) is 7.19. The number of esters is 1. The van der Waals surface area contributed by atoms with Crippen LogP contribution in [0.25, 0.3) is 0 Å². The van der Waals surface area contributed by atoms with Gasteiger partial charge in [-0.2, -0.15) is 0 Å². The second-order valence-corrected chi connectivity index (χ2v) is 7.72. The van der Waals surface area contributed by atoms with Crippen LogP contribution in [0.1, 0.15) is 53.4 Å². The van der Waals surface area contributed by atoms with Crippen molar-refractivity contribution in [1.29, 1.82) is 0 Å². The molecular formula is C19H29NO6. The number of amides is 1. The van der Waals surface area contributed by atoms with Gasteiger partial charge in [0.05, 0.1) is 12.3 Å². The Kier molecular flexibility index (Phi) is 6.31. The van der Waals surface area contributed by atoms with Gasteiger partial charge in [-0.3, -0.25) is 9.59 Å². The minimum absolute atomic E-state index is 0.0137. The van der Waals surface area contributed by atoms with Crippen LogP contribution in [0.15, 0.2) is 11.6 Å². The molecule has 26 heavy (non-hydrogen) atoms. The molecule has 2 aliphatic rings. The summed E-state index contributed by atoms with van der Waals surface area (Å²) in [4.78, 5) is 34.8. The molecule has 0 aromatic carbocycles. The van der Waals surface area contributed by atoms with E-state index in [1.165, 1.54) is 12.5 Å². The van der Waals surface area contributed by atoms with E-state index in [-0.39, 0.29) is 24.8 Å². The molecule has 0 aromatic rings. The first kappa shape index (κ1) is 20.3. The molecular weight excluding hydrogens is 338 g/mol. The fourth-order valence-electron chi connectivity index (χ4n) is 4.07. The van der Waals surface area contributed by atoms with Crippen molar-refractivity contribution in [1.82, 2.24) is 5.32 Å². The maximum atomic E-state index is 12.0. The standard InChI is InChI=1S/C19H29NO6/c1-5-13-6-14-8-19(9-16(21)22,15(14)7-13)10-20-18(24)26-12(4)25-17(23)11(2)3/h7,11-12,14-15H,5-6,8-10H2,1-4H3,(H,20,24)(H,21,22)/t12-,14-,15-,19-/m0/s1. The number of rotatable bonds is 8. The number of hydrogen-bond acceptors (Lipinski definition) is 5.